The quantitative estimate of drug-likeness (QED) is 0.483. The van der Waals surface area contributed by atoms with E-state index < -0.39 is 63.4 Å². The van der Waals surface area contributed by atoms with Gasteiger partial charge in [0.1, 0.15) is 17.4 Å². The second-order valence-corrected chi connectivity index (χ2v) is 12.0. The van der Waals surface area contributed by atoms with Crippen molar-refractivity contribution in [1.29, 1.82) is 0 Å². The predicted octanol–water partition coefficient (Wildman–Crippen LogP) is 4.39. The Morgan fingerprint density at radius 1 is 1.05 bits per heavy atom. The molecule has 0 saturated carbocycles. The summed E-state index contributed by atoms with van der Waals surface area (Å²) in [7, 11) is -3.75. The average Bonchev–Trinajstić information content (AvgIpc) is 3.27. The number of rotatable bonds is 5. The van der Waals surface area contributed by atoms with Crippen LogP contribution in [0.2, 0.25) is 0 Å². The van der Waals surface area contributed by atoms with Crippen LogP contribution in [0.25, 0.3) is 5.57 Å². The van der Waals surface area contributed by atoms with Crippen LogP contribution in [0.4, 0.5) is 30.7 Å². The largest absolute Gasteiger partial charge is 0.429 e. The number of aliphatic hydroxyl groups is 1. The number of carbonyl (C=O) groups is 2. The molecule has 2 unspecified atom stereocenters. The molecule has 1 aliphatic heterocycles. The van der Waals surface area contributed by atoms with E-state index in [9.17, 15) is 53.8 Å². The minimum absolute atomic E-state index is 0.0322. The maximum absolute atomic E-state index is 14.3. The molecule has 0 fully saturated rings. The van der Waals surface area contributed by atoms with Crippen LogP contribution >= 0.6 is 0 Å². The normalized spacial score (nSPS) is 21.1. The van der Waals surface area contributed by atoms with E-state index in [-0.39, 0.29) is 33.7 Å². The summed E-state index contributed by atoms with van der Waals surface area (Å²) in [4.78, 5) is 26.6. The van der Waals surface area contributed by atoms with Crippen LogP contribution in [0.15, 0.2) is 65.6 Å². The van der Waals surface area contributed by atoms with Crippen molar-refractivity contribution in [3.05, 3.63) is 83.2 Å². The fraction of sp³-hybridized carbons (Fsp3) is 0.333. The zero-order chi connectivity index (χ0) is 31.5. The molecular weight excluding hydrogens is 597 g/mol. The van der Waals surface area contributed by atoms with Crippen LogP contribution in [0.3, 0.4) is 0 Å². The highest BCUT2D eigenvalue weighted by atomic mass is 32.2. The number of fused-ring (bicyclic) bond motifs is 1. The molecule has 1 heterocycles. The topological polar surface area (TPSA) is 104 Å². The molecule has 0 aromatic heterocycles. The number of alkyl halides is 6. The van der Waals surface area contributed by atoms with Gasteiger partial charge in [-0.3, -0.25) is 9.59 Å². The van der Waals surface area contributed by atoms with Crippen molar-refractivity contribution in [3.63, 3.8) is 0 Å². The highest BCUT2D eigenvalue weighted by Crippen LogP contribution is 2.53. The number of halogens is 7. The molecule has 0 spiro atoms. The number of hydrogen-bond acceptors (Lipinski definition) is 5. The minimum atomic E-state index is -6.37. The Hall–Kier alpha value is -3.72. The summed E-state index contributed by atoms with van der Waals surface area (Å²) in [6.07, 6.45) is -11.3. The summed E-state index contributed by atoms with van der Waals surface area (Å²) in [5, 5.41) is 12.2. The van der Waals surface area contributed by atoms with Crippen LogP contribution in [0.1, 0.15) is 36.1 Å². The highest BCUT2D eigenvalue weighted by molar-refractivity contribution is 7.90. The average molecular weight is 621 g/mol. The molecule has 0 bridgehead atoms. The van der Waals surface area contributed by atoms with Gasteiger partial charge in [-0.2, -0.15) is 26.3 Å². The van der Waals surface area contributed by atoms with E-state index in [4.69, 9.17) is 0 Å². The Kier molecular flexibility index (Phi) is 7.60. The minimum Gasteiger partial charge on any atom is -0.372 e. The fourth-order valence-electron chi connectivity index (χ4n) is 5.18. The molecule has 42 heavy (non-hydrogen) atoms. The lowest BCUT2D eigenvalue weighted by molar-refractivity contribution is -0.385. The first-order valence-electron chi connectivity index (χ1n) is 12.2. The molecule has 2 atom stereocenters. The molecule has 4 rings (SSSR count). The maximum atomic E-state index is 14.3. The van der Waals surface area contributed by atoms with E-state index in [0.717, 1.165) is 54.5 Å². The van der Waals surface area contributed by atoms with Crippen LogP contribution in [0, 0.1) is 5.82 Å². The summed E-state index contributed by atoms with van der Waals surface area (Å²) >= 11 is 0. The van der Waals surface area contributed by atoms with Gasteiger partial charge < -0.3 is 15.3 Å². The van der Waals surface area contributed by atoms with Gasteiger partial charge in [-0.1, -0.05) is 42.5 Å². The maximum Gasteiger partial charge on any atom is 0.429 e. The number of amides is 2. The predicted molar refractivity (Wildman–Crippen MR) is 135 cm³/mol. The Bertz CT molecular complexity index is 1600. The highest BCUT2D eigenvalue weighted by Gasteiger charge is 2.79. The zero-order valence-electron chi connectivity index (χ0n) is 21.8. The number of nitrogens with zero attached hydrogens (tertiary/aromatic N) is 1. The van der Waals surface area contributed by atoms with E-state index in [0.29, 0.717) is 6.08 Å². The van der Waals surface area contributed by atoms with E-state index in [1.54, 1.807) is 5.32 Å². The van der Waals surface area contributed by atoms with E-state index in [1.807, 2.05) is 0 Å². The number of carbonyl (C=O) groups excluding carboxylic acids is 2. The van der Waals surface area contributed by atoms with Gasteiger partial charge in [-0.15, -0.1) is 0 Å². The van der Waals surface area contributed by atoms with Crippen molar-refractivity contribution in [2.24, 2.45) is 0 Å². The molecule has 2 amide bonds. The standard InChI is InChI=1S/C27H23F7N2O5S/c1-15(37)36-14-17-13-18(42(2,40)41)7-8-20(17)22(36)23(38)35-24(25(39,26(29,30)31)27(32,33)34)11-9-16(10-12-24)19-5-3-4-6-21(19)28/h3-11,13,22,39H,12,14H2,1-2H3,(H,35,38). The number of nitrogens with one attached hydrogen (secondary N) is 1. The van der Waals surface area contributed by atoms with Gasteiger partial charge in [0.05, 0.1) is 4.90 Å². The molecule has 7 nitrogen and oxygen atoms in total. The summed E-state index contributed by atoms with van der Waals surface area (Å²) in [5.41, 5.74) is -9.27. The molecule has 226 valence electrons. The van der Waals surface area contributed by atoms with Gasteiger partial charge in [0.2, 0.25) is 11.8 Å². The van der Waals surface area contributed by atoms with Gasteiger partial charge in [-0.05, 0) is 41.3 Å². The fourth-order valence-corrected chi connectivity index (χ4v) is 5.85. The van der Waals surface area contributed by atoms with Crippen molar-refractivity contribution >= 4 is 27.2 Å². The molecule has 2 aliphatic rings. The van der Waals surface area contributed by atoms with Crippen LogP contribution in [-0.2, 0) is 26.0 Å². The number of benzene rings is 2. The van der Waals surface area contributed by atoms with Gasteiger partial charge in [0.15, 0.2) is 9.84 Å². The summed E-state index contributed by atoms with van der Waals surface area (Å²) < 4.78 is 123. The summed E-state index contributed by atoms with van der Waals surface area (Å²) in [6, 6.07) is 6.58. The molecule has 1 aliphatic carbocycles. The molecule has 15 heteroatoms. The lowest BCUT2D eigenvalue weighted by Crippen LogP contribution is -2.76. The lowest BCUT2D eigenvalue weighted by Gasteiger charge is -2.48. The second kappa shape index (κ2) is 10.2. The van der Waals surface area contributed by atoms with Gasteiger partial charge in [0.25, 0.3) is 5.60 Å². The Labute approximate surface area is 235 Å². The first-order chi connectivity index (χ1) is 19.2. The van der Waals surface area contributed by atoms with Crippen molar-refractivity contribution in [2.75, 3.05) is 6.26 Å². The van der Waals surface area contributed by atoms with Crippen molar-refractivity contribution in [2.45, 2.75) is 54.3 Å². The van der Waals surface area contributed by atoms with Gasteiger partial charge in [0, 0.05) is 25.3 Å². The molecular formula is C27H23F7N2O5S. The SMILES string of the molecule is CC(=O)N1Cc2cc(S(C)(=O)=O)ccc2C1C(=O)NC1(C(O)(C(F)(F)F)C(F)(F)F)C=CC(c2ccccc2F)=CC1. The van der Waals surface area contributed by atoms with Crippen molar-refractivity contribution in [3.8, 4) is 0 Å². The Balaban J connectivity index is 1.84. The van der Waals surface area contributed by atoms with E-state index in [1.165, 1.54) is 18.2 Å². The molecule has 2 aromatic rings. The molecule has 2 aromatic carbocycles. The first kappa shape index (κ1) is 31.2. The Morgan fingerprint density at radius 3 is 2.17 bits per heavy atom. The first-order valence-corrected chi connectivity index (χ1v) is 14.0. The zero-order valence-corrected chi connectivity index (χ0v) is 22.7. The van der Waals surface area contributed by atoms with Crippen LogP contribution in [0.5, 0.6) is 0 Å². The van der Waals surface area contributed by atoms with E-state index >= 15 is 0 Å². The van der Waals surface area contributed by atoms with Crippen molar-refractivity contribution in [1.82, 2.24) is 10.2 Å². The van der Waals surface area contributed by atoms with Gasteiger partial charge in [-0.25, -0.2) is 12.8 Å². The smallest absolute Gasteiger partial charge is 0.372 e. The number of sulfone groups is 1. The third kappa shape index (κ3) is 5.08. The second-order valence-electron chi connectivity index (χ2n) is 10.0. The number of allylic oxidation sites excluding steroid dienone is 2. The molecule has 2 N–H and O–H groups in total. The lowest BCUT2D eigenvalue weighted by atomic mass is 9.72. The summed E-state index contributed by atoms with van der Waals surface area (Å²) in [6.45, 7) is 0.639. The van der Waals surface area contributed by atoms with Gasteiger partial charge >= 0.3 is 12.4 Å². The Morgan fingerprint density at radius 2 is 1.67 bits per heavy atom. The number of hydrogen-bond donors (Lipinski definition) is 2. The van der Waals surface area contributed by atoms with Crippen LogP contribution in [-0.4, -0.2) is 60.0 Å². The third-order valence-corrected chi connectivity index (χ3v) is 8.44. The molecule has 0 radical (unpaired) electrons. The third-order valence-electron chi connectivity index (χ3n) is 7.33. The van der Waals surface area contributed by atoms with Crippen molar-refractivity contribution < 1.29 is 53.8 Å². The van der Waals surface area contributed by atoms with E-state index in [2.05, 4.69) is 0 Å². The monoisotopic (exact) mass is 620 g/mol. The van der Waals surface area contributed by atoms with Crippen LogP contribution < -0.4 is 5.32 Å². The molecule has 0 saturated heterocycles. The summed E-state index contributed by atoms with van der Waals surface area (Å²) in [5.74, 6) is -3.11.